The second kappa shape index (κ2) is 9.29. The zero-order chi connectivity index (χ0) is 29.3. The minimum atomic E-state index is 0.177. The molecule has 0 bridgehead atoms. The number of benzene rings is 3. The van der Waals surface area contributed by atoms with Gasteiger partial charge in [-0.3, -0.25) is 0 Å². The van der Waals surface area contributed by atoms with Gasteiger partial charge in [-0.1, -0.05) is 39.0 Å². The zero-order valence-corrected chi connectivity index (χ0v) is 24.8. The highest BCUT2D eigenvalue weighted by atomic mass is 16.3. The number of hydrogen-bond donors (Lipinski definition) is 0. The fraction of sp³-hybridized carbons (Fsp3) is 0.216. The fourth-order valence-corrected chi connectivity index (χ4v) is 6.19. The van der Waals surface area contributed by atoms with E-state index in [9.17, 15) is 5.26 Å². The predicted octanol–water partition coefficient (Wildman–Crippen LogP) is 9.12. The van der Waals surface area contributed by atoms with Crippen LogP contribution in [0.2, 0.25) is 0 Å². The van der Waals surface area contributed by atoms with Crippen LogP contribution in [0.15, 0.2) is 81.8 Å². The second-order valence-corrected chi connectivity index (χ2v) is 12.6. The Kier molecular flexibility index (Phi) is 5.75. The van der Waals surface area contributed by atoms with Crippen LogP contribution in [0.1, 0.15) is 43.2 Å². The molecule has 0 atom stereocenters. The van der Waals surface area contributed by atoms with E-state index in [4.69, 9.17) is 8.83 Å². The minimum absolute atomic E-state index is 0.177. The van der Waals surface area contributed by atoms with Crippen molar-refractivity contribution in [1.82, 2.24) is 4.98 Å². The maximum absolute atomic E-state index is 10.2. The number of pyridine rings is 2. The van der Waals surface area contributed by atoms with Gasteiger partial charge in [0.05, 0.1) is 17.2 Å². The van der Waals surface area contributed by atoms with Crippen LogP contribution in [0.25, 0.3) is 66.4 Å². The second-order valence-electron chi connectivity index (χ2n) is 12.6. The number of nitriles is 1. The molecule has 5 nitrogen and oxygen atoms in total. The molecular formula is C37H32N3O2+. The Morgan fingerprint density at radius 2 is 1.55 bits per heavy atom. The molecule has 7 aromatic rings. The lowest BCUT2D eigenvalue weighted by Gasteiger charge is -2.18. The predicted molar refractivity (Wildman–Crippen MR) is 168 cm³/mol. The van der Waals surface area contributed by atoms with E-state index in [0.29, 0.717) is 16.9 Å². The minimum Gasteiger partial charge on any atom is -0.454 e. The first-order valence-electron chi connectivity index (χ1n) is 14.3. The number of nitrogens with zero attached hydrogens (tertiary/aromatic N) is 3. The average Bonchev–Trinajstić information content (AvgIpc) is 3.50. The van der Waals surface area contributed by atoms with Crippen molar-refractivity contribution in [2.75, 3.05) is 0 Å². The van der Waals surface area contributed by atoms with E-state index in [-0.39, 0.29) is 5.41 Å². The monoisotopic (exact) mass is 550 g/mol. The van der Waals surface area contributed by atoms with Gasteiger partial charge in [-0.25, -0.2) is 9.55 Å². The highest BCUT2D eigenvalue weighted by molar-refractivity contribution is 6.15. The molecule has 0 N–H and O–H groups in total. The number of aryl methyl sites for hydroxylation is 3. The lowest BCUT2D eigenvalue weighted by molar-refractivity contribution is -0.660. The standard InChI is InChI=1S/C37H32N3O2/c1-21-7-11-26-27-13-9-25(20-38)33(24-10-14-31-29(18-24)28-12-8-22(2)39-36(28)41-31)35(27)42-34(26)32(21)30-17-23(15-16-40(30)6)19-37(3,4)5/h7-18H,19H2,1-6H3/q+1. The van der Waals surface area contributed by atoms with Crippen molar-refractivity contribution in [2.45, 2.75) is 41.0 Å². The lowest BCUT2D eigenvalue weighted by atomic mass is 9.87. The van der Waals surface area contributed by atoms with Crippen LogP contribution in [0.4, 0.5) is 0 Å². The number of fused-ring (bicyclic) bond motifs is 6. The Hall–Kier alpha value is -4.95. The van der Waals surface area contributed by atoms with E-state index >= 15 is 0 Å². The Balaban J connectivity index is 1.50. The summed E-state index contributed by atoms with van der Waals surface area (Å²) in [6, 6.07) is 25.2. The first-order valence-corrected chi connectivity index (χ1v) is 14.3. The van der Waals surface area contributed by atoms with Crippen molar-refractivity contribution in [3.05, 3.63) is 95.3 Å². The molecule has 42 heavy (non-hydrogen) atoms. The number of furan rings is 2. The van der Waals surface area contributed by atoms with Crippen LogP contribution in [0.5, 0.6) is 0 Å². The first-order chi connectivity index (χ1) is 20.1. The summed E-state index contributed by atoms with van der Waals surface area (Å²) in [4.78, 5) is 4.57. The van der Waals surface area contributed by atoms with Gasteiger partial charge >= 0.3 is 0 Å². The largest absolute Gasteiger partial charge is 0.454 e. The van der Waals surface area contributed by atoms with Gasteiger partial charge in [0.15, 0.2) is 6.20 Å². The average molecular weight is 551 g/mol. The maximum atomic E-state index is 10.2. The van der Waals surface area contributed by atoms with Crippen LogP contribution in [0, 0.1) is 30.6 Å². The third-order valence-electron chi connectivity index (χ3n) is 8.11. The summed E-state index contributed by atoms with van der Waals surface area (Å²) in [7, 11) is 2.08. The van der Waals surface area contributed by atoms with Crippen LogP contribution in [0.3, 0.4) is 0 Å². The fourth-order valence-electron chi connectivity index (χ4n) is 6.19. The molecule has 0 saturated carbocycles. The van der Waals surface area contributed by atoms with Crippen molar-refractivity contribution < 1.29 is 13.4 Å². The topological polar surface area (TPSA) is 66.8 Å². The molecule has 0 aliphatic heterocycles. The smallest absolute Gasteiger partial charge is 0.227 e. The summed E-state index contributed by atoms with van der Waals surface area (Å²) in [6.45, 7) is 10.9. The van der Waals surface area contributed by atoms with Crippen LogP contribution < -0.4 is 4.57 Å². The van der Waals surface area contributed by atoms with E-state index in [0.717, 1.165) is 72.8 Å². The van der Waals surface area contributed by atoms with Gasteiger partial charge in [0.25, 0.3) is 0 Å². The molecule has 0 radical (unpaired) electrons. The van der Waals surface area contributed by atoms with Crippen molar-refractivity contribution >= 4 is 44.0 Å². The molecule has 0 aliphatic carbocycles. The number of rotatable bonds is 3. The Labute approximate surface area is 244 Å². The van der Waals surface area contributed by atoms with Gasteiger partial charge in [-0.05, 0) is 78.8 Å². The molecule has 0 unspecified atom stereocenters. The summed E-state index contributed by atoms with van der Waals surface area (Å²) < 4.78 is 15.0. The van der Waals surface area contributed by atoms with Crippen molar-refractivity contribution in [1.29, 1.82) is 5.26 Å². The van der Waals surface area contributed by atoms with Gasteiger partial charge in [0, 0.05) is 44.9 Å². The van der Waals surface area contributed by atoms with Gasteiger partial charge in [0.2, 0.25) is 11.4 Å². The first kappa shape index (κ1) is 26.0. The highest BCUT2D eigenvalue weighted by Crippen LogP contribution is 2.43. The number of aromatic nitrogens is 2. The summed E-state index contributed by atoms with van der Waals surface area (Å²) in [5, 5.41) is 14.1. The van der Waals surface area contributed by atoms with Gasteiger partial charge in [0.1, 0.15) is 23.8 Å². The molecule has 0 aliphatic rings. The highest BCUT2D eigenvalue weighted by Gasteiger charge is 2.24. The normalized spacial score (nSPS) is 12.1. The molecule has 0 saturated heterocycles. The van der Waals surface area contributed by atoms with Crippen molar-refractivity contribution in [2.24, 2.45) is 12.5 Å². The zero-order valence-electron chi connectivity index (χ0n) is 24.8. The summed E-state index contributed by atoms with van der Waals surface area (Å²) >= 11 is 0. The Bertz CT molecular complexity index is 2250. The molecule has 4 aromatic heterocycles. The molecule has 206 valence electrons. The van der Waals surface area contributed by atoms with Gasteiger partial charge in [-0.15, -0.1) is 0 Å². The lowest BCUT2D eigenvalue weighted by Crippen LogP contribution is -2.31. The molecule has 4 heterocycles. The molecule has 0 amide bonds. The summed E-state index contributed by atoms with van der Waals surface area (Å²) in [6.07, 6.45) is 3.11. The third kappa shape index (κ3) is 4.14. The molecule has 3 aromatic carbocycles. The SMILES string of the molecule is Cc1ccc2c(n1)oc1ccc(-c3c(C#N)ccc4c3oc3c(-c5cc(CC(C)(C)C)cc[n+]5C)c(C)ccc34)cc12. The van der Waals surface area contributed by atoms with Crippen LogP contribution >= 0.6 is 0 Å². The van der Waals surface area contributed by atoms with E-state index in [1.807, 2.05) is 43.3 Å². The Morgan fingerprint density at radius 3 is 2.31 bits per heavy atom. The van der Waals surface area contributed by atoms with Crippen molar-refractivity contribution in [3.63, 3.8) is 0 Å². The van der Waals surface area contributed by atoms with Crippen molar-refractivity contribution in [3.8, 4) is 28.5 Å². The molecule has 5 heteroatoms. The van der Waals surface area contributed by atoms with E-state index in [1.165, 1.54) is 5.56 Å². The van der Waals surface area contributed by atoms with E-state index in [2.05, 4.69) is 86.9 Å². The maximum Gasteiger partial charge on any atom is 0.227 e. The van der Waals surface area contributed by atoms with E-state index < -0.39 is 0 Å². The molecule has 0 fully saturated rings. The number of hydrogen-bond acceptors (Lipinski definition) is 4. The molecular weight excluding hydrogens is 518 g/mol. The summed E-state index contributed by atoms with van der Waals surface area (Å²) in [5.74, 6) is 0. The summed E-state index contributed by atoms with van der Waals surface area (Å²) in [5.41, 5.74) is 10.9. The quantitative estimate of drug-likeness (QED) is 0.206. The van der Waals surface area contributed by atoms with Gasteiger partial charge in [-0.2, -0.15) is 5.26 Å². The van der Waals surface area contributed by atoms with Crippen LogP contribution in [-0.4, -0.2) is 4.98 Å². The third-order valence-corrected chi connectivity index (χ3v) is 8.11. The Morgan fingerprint density at radius 1 is 0.810 bits per heavy atom. The van der Waals surface area contributed by atoms with E-state index in [1.54, 1.807) is 0 Å². The van der Waals surface area contributed by atoms with Gasteiger partial charge < -0.3 is 8.83 Å². The van der Waals surface area contributed by atoms with Crippen LogP contribution in [-0.2, 0) is 13.5 Å². The molecule has 0 spiro atoms. The molecule has 7 rings (SSSR count).